The number of amides is 2. The molecule has 2 amide bonds. The van der Waals surface area contributed by atoms with Gasteiger partial charge in [-0.15, -0.1) is 0 Å². The first-order valence-corrected chi connectivity index (χ1v) is 18.5. The smallest absolute Gasteiger partial charge is 0.463 e. The van der Waals surface area contributed by atoms with Crippen LogP contribution in [0.15, 0.2) is 30.3 Å². The van der Waals surface area contributed by atoms with Crippen molar-refractivity contribution in [3.8, 4) is 0 Å². The van der Waals surface area contributed by atoms with Crippen molar-refractivity contribution in [2.75, 3.05) is 32.3 Å². The molecule has 0 bridgehead atoms. The number of benzene rings is 1. The predicted octanol–water partition coefficient (Wildman–Crippen LogP) is 6.36. The highest BCUT2D eigenvalue weighted by Gasteiger charge is 2.60. The van der Waals surface area contributed by atoms with Crippen LogP contribution in [-0.2, 0) is 39.6 Å². The van der Waals surface area contributed by atoms with E-state index in [9.17, 15) is 23.7 Å². The SMILES string of the molecule is CC(C)[C@H](N)C(=O)OCC(C)(C)C(=O)OCOC(=O)[N+]1(C(=O)C[P+](=O)CCCCc2ccccc2)C[C@H](C2CCCCC2)CC1C. The topological polar surface area (TPSA) is 139 Å². The number of carbonyl (C=O) groups excluding carboxylic acids is 4. The Morgan fingerprint density at radius 3 is 2.30 bits per heavy atom. The molecule has 1 aromatic rings. The number of imide groups is 1. The highest BCUT2D eigenvalue weighted by Crippen LogP contribution is 2.43. The monoisotopic (exact) mass is 662 g/mol. The van der Waals surface area contributed by atoms with E-state index in [1.165, 1.54) is 12.0 Å². The third kappa shape index (κ3) is 10.2. The van der Waals surface area contributed by atoms with Gasteiger partial charge in [0.2, 0.25) is 6.79 Å². The summed E-state index contributed by atoms with van der Waals surface area (Å²) in [7, 11) is -1.84. The zero-order valence-electron chi connectivity index (χ0n) is 28.4. The van der Waals surface area contributed by atoms with Crippen molar-refractivity contribution in [1.82, 2.24) is 0 Å². The number of rotatable bonds is 15. The number of nitrogens with zero attached hydrogens (tertiary/aromatic N) is 1. The molecule has 3 rings (SSSR count). The van der Waals surface area contributed by atoms with Crippen LogP contribution in [0.1, 0.15) is 91.5 Å². The Kier molecular flexibility index (Phi) is 14.3. The van der Waals surface area contributed by atoms with Crippen molar-refractivity contribution in [1.29, 1.82) is 0 Å². The molecular weight excluding hydrogens is 607 g/mol. The first-order chi connectivity index (χ1) is 21.8. The normalized spacial score (nSPS) is 23.1. The minimum Gasteiger partial charge on any atom is -0.463 e. The lowest BCUT2D eigenvalue weighted by atomic mass is 9.79. The molecule has 11 heteroatoms. The zero-order valence-corrected chi connectivity index (χ0v) is 29.3. The van der Waals surface area contributed by atoms with Gasteiger partial charge in [0.25, 0.3) is 6.16 Å². The second-order valence-electron chi connectivity index (χ2n) is 14.2. The number of nitrogens with two attached hydrogens (primary N) is 1. The van der Waals surface area contributed by atoms with Gasteiger partial charge in [0.1, 0.15) is 31.4 Å². The molecule has 2 fully saturated rings. The Balaban J connectivity index is 1.61. The number of ether oxygens (including phenoxy) is 3. The molecule has 46 heavy (non-hydrogen) atoms. The van der Waals surface area contributed by atoms with E-state index in [4.69, 9.17) is 19.9 Å². The molecule has 3 unspecified atom stereocenters. The average molecular weight is 663 g/mol. The molecule has 10 nitrogen and oxygen atoms in total. The van der Waals surface area contributed by atoms with Crippen molar-refractivity contribution in [2.24, 2.45) is 28.9 Å². The standard InChI is InChI=1S/C35H55N2O8P/c1-25(2)31(36)32(39)43-23-35(4,5)33(40)44-24-45-34(41)37(21-29(20-26(37)3)28-17-10-7-11-18-28)30(38)22-46(42)19-13-12-16-27-14-8-6-9-15-27/h6,8-9,14-15,25-26,28-29,31H,7,10-13,16-24,36H2,1-5H3/q+2/t26?,29-,31+,37?/m1/s1. The van der Waals surface area contributed by atoms with Crippen molar-refractivity contribution < 1.29 is 42.4 Å². The molecule has 1 saturated heterocycles. The van der Waals surface area contributed by atoms with Crippen molar-refractivity contribution in [3.63, 3.8) is 0 Å². The lowest BCUT2D eigenvalue weighted by Gasteiger charge is -2.31. The van der Waals surface area contributed by atoms with Crippen LogP contribution in [0.2, 0.25) is 0 Å². The molecule has 256 valence electrons. The van der Waals surface area contributed by atoms with Crippen LogP contribution in [0.25, 0.3) is 0 Å². The van der Waals surface area contributed by atoms with Crippen molar-refractivity contribution in [2.45, 2.75) is 104 Å². The fraction of sp³-hybridized carbons (Fsp3) is 0.714. The van der Waals surface area contributed by atoms with E-state index in [1.54, 1.807) is 27.7 Å². The summed E-state index contributed by atoms with van der Waals surface area (Å²) in [5, 5.41) is 0. The van der Waals surface area contributed by atoms with E-state index < -0.39 is 48.6 Å². The van der Waals surface area contributed by atoms with E-state index in [-0.39, 0.29) is 36.6 Å². The summed E-state index contributed by atoms with van der Waals surface area (Å²) >= 11 is 0. The van der Waals surface area contributed by atoms with E-state index >= 15 is 0 Å². The molecule has 0 spiro atoms. The van der Waals surface area contributed by atoms with Gasteiger partial charge >= 0.3 is 31.7 Å². The molecular formula is C35H55N2O8P+2. The van der Waals surface area contributed by atoms with Gasteiger partial charge in [-0.25, -0.2) is 4.79 Å². The molecule has 5 atom stereocenters. The average Bonchev–Trinajstić information content (AvgIpc) is 3.40. The first kappa shape index (κ1) is 37.8. The van der Waals surface area contributed by atoms with Crippen molar-refractivity contribution >= 4 is 31.7 Å². The number of carbonyl (C=O) groups is 4. The third-order valence-corrected chi connectivity index (χ3v) is 11.2. The van der Waals surface area contributed by atoms with E-state index in [2.05, 4.69) is 12.1 Å². The van der Waals surface area contributed by atoms with E-state index in [1.807, 2.05) is 25.1 Å². The summed E-state index contributed by atoms with van der Waals surface area (Å²) < 4.78 is 28.6. The number of unbranched alkanes of at least 4 members (excludes halogenated alkanes) is 1. The molecule has 1 aliphatic heterocycles. The molecule has 2 aliphatic rings. The van der Waals surface area contributed by atoms with Gasteiger partial charge in [-0.1, -0.05) is 68.0 Å². The minimum absolute atomic E-state index is 0.122. The molecule has 1 aromatic carbocycles. The molecule has 1 heterocycles. The molecule has 1 saturated carbocycles. The van der Waals surface area contributed by atoms with Crippen LogP contribution < -0.4 is 5.73 Å². The quantitative estimate of drug-likeness (QED) is 0.0747. The third-order valence-electron chi connectivity index (χ3n) is 9.77. The molecule has 1 aliphatic carbocycles. The zero-order chi connectivity index (χ0) is 33.9. The molecule has 2 N–H and O–H groups in total. The first-order valence-electron chi connectivity index (χ1n) is 16.9. The summed E-state index contributed by atoms with van der Waals surface area (Å²) in [6.07, 6.45) is 8.30. The summed E-state index contributed by atoms with van der Waals surface area (Å²) in [6.45, 7) is 7.96. The fourth-order valence-electron chi connectivity index (χ4n) is 6.63. The van der Waals surface area contributed by atoms with Gasteiger partial charge in [0.05, 0.1) is 5.41 Å². The lowest BCUT2D eigenvalue weighted by molar-refractivity contribution is -0.794. The van der Waals surface area contributed by atoms with Crippen LogP contribution >= 0.6 is 7.80 Å². The molecule has 0 aromatic heterocycles. The number of hydrogen-bond acceptors (Lipinski definition) is 9. The Labute approximate surface area is 275 Å². The Morgan fingerprint density at radius 2 is 1.65 bits per heavy atom. The van der Waals surface area contributed by atoms with Gasteiger partial charge in [0, 0.05) is 12.3 Å². The van der Waals surface area contributed by atoms with Crippen LogP contribution in [0.5, 0.6) is 0 Å². The fourth-order valence-corrected chi connectivity index (χ4v) is 7.92. The predicted molar refractivity (Wildman–Crippen MR) is 176 cm³/mol. The second-order valence-corrected chi connectivity index (χ2v) is 15.9. The minimum atomic E-state index is -1.84. The van der Waals surface area contributed by atoms with Gasteiger partial charge in [0.15, 0.2) is 0 Å². The number of esters is 2. The van der Waals surface area contributed by atoms with Gasteiger partial charge in [-0.3, -0.25) is 9.59 Å². The maximum atomic E-state index is 13.9. The summed E-state index contributed by atoms with van der Waals surface area (Å²) in [5.41, 5.74) is 5.84. The highest BCUT2D eigenvalue weighted by atomic mass is 31.1. The maximum Gasteiger partial charge on any atom is 0.526 e. The Morgan fingerprint density at radius 1 is 0.978 bits per heavy atom. The van der Waals surface area contributed by atoms with Gasteiger partial charge < -0.3 is 19.9 Å². The van der Waals surface area contributed by atoms with Crippen LogP contribution in [0.4, 0.5) is 4.79 Å². The van der Waals surface area contributed by atoms with Crippen LogP contribution in [0.3, 0.4) is 0 Å². The lowest BCUT2D eigenvalue weighted by Crippen LogP contribution is -2.60. The number of quaternary nitrogens is 1. The van der Waals surface area contributed by atoms with Crippen molar-refractivity contribution in [3.05, 3.63) is 35.9 Å². The largest absolute Gasteiger partial charge is 0.526 e. The molecule has 0 radical (unpaired) electrons. The van der Waals surface area contributed by atoms with Gasteiger partial charge in [-0.05, 0) is 70.3 Å². The van der Waals surface area contributed by atoms with E-state index in [0.29, 0.717) is 25.0 Å². The summed E-state index contributed by atoms with van der Waals surface area (Å²) in [6, 6.07) is 8.95. The van der Waals surface area contributed by atoms with Crippen LogP contribution in [-0.4, -0.2) is 72.8 Å². The highest BCUT2D eigenvalue weighted by molar-refractivity contribution is 7.45. The number of aryl methyl sites for hydroxylation is 1. The number of likely N-dealkylation sites (tertiary alicyclic amines) is 1. The Bertz CT molecular complexity index is 1200. The Hall–Kier alpha value is -2.68. The second kappa shape index (κ2) is 17.5. The van der Waals surface area contributed by atoms with Crippen LogP contribution in [0, 0.1) is 23.2 Å². The number of hydrogen-bond donors (Lipinski definition) is 1. The summed E-state index contributed by atoms with van der Waals surface area (Å²) in [5.74, 6) is -1.23. The summed E-state index contributed by atoms with van der Waals surface area (Å²) in [4.78, 5) is 52.7. The van der Waals surface area contributed by atoms with E-state index in [0.717, 1.165) is 44.9 Å². The van der Waals surface area contributed by atoms with Gasteiger partial charge in [-0.2, -0.15) is 9.28 Å². The maximum absolute atomic E-state index is 13.9.